The summed E-state index contributed by atoms with van der Waals surface area (Å²) >= 11 is 0. The molecule has 144 valence electrons. The lowest BCUT2D eigenvalue weighted by molar-refractivity contribution is 0.0898. The number of ether oxygens (including phenoxy) is 1. The van der Waals surface area contributed by atoms with Crippen molar-refractivity contribution < 1.29 is 13.2 Å². The standard InChI is InChI=1S/C18H29N3O3SSi/c1-18(2,3)25(22,23)20-12-15-7-8-17-16(11-15)19-13-21(17)14-24-9-10-26(4,5)6/h7-8,11-13H,9-10,14H2,1-6H3/b20-12+. The van der Waals surface area contributed by atoms with E-state index in [-0.39, 0.29) is 0 Å². The number of fused-ring (bicyclic) bond motifs is 1. The first-order valence-corrected chi connectivity index (χ1v) is 13.9. The van der Waals surface area contributed by atoms with Crippen LogP contribution < -0.4 is 0 Å². The van der Waals surface area contributed by atoms with Gasteiger partial charge < -0.3 is 9.30 Å². The second-order valence-corrected chi connectivity index (χ2v) is 16.6. The minimum atomic E-state index is -3.54. The van der Waals surface area contributed by atoms with Crippen molar-refractivity contribution in [1.82, 2.24) is 9.55 Å². The summed E-state index contributed by atoms with van der Waals surface area (Å²) in [4.78, 5) is 4.38. The van der Waals surface area contributed by atoms with E-state index in [4.69, 9.17) is 4.74 Å². The van der Waals surface area contributed by atoms with Crippen molar-refractivity contribution in [1.29, 1.82) is 0 Å². The van der Waals surface area contributed by atoms with Gasteiger partial charge in [-0.1, -0.05) is 25.7 Å². The minimum Gasteiger partial charge on any atom is -0.361 e. The van der Waals surface area contributed by atoms with Gasteiger partial charge >= 0.3 is 0 Å². The number of benzene rings is 1. The maximum absolute atomic E-state index is 12.1. The van der Waals surface area contributed by atoms with Gasteiger partial charge in [0.05, 0.1) is 22.1 Å². The first-order valence-electron chi connectivity index (χ1n) is 8.72. The van der Waals surface area contributed by atoms with E-state index in [1.165, 1.54) is 6.21 Å². The van der Waals surface area contributed by atoms with Crippen LogP contribution in [0.2, 0.25) is 25.7 Å². The Labute approximate surface area is 157 Å². The molecule has 0 aliphatic carbocycles. The molecule has 0 bridgehead atoms. The van der Waals surface area contributed by atoms with Crippen LogP contribution in [0.5, 0.6) is 0 Å². The molecule has 0 saturated heterocycles. The average Bonchev–Trinajstić information content (AvgIpc) is 2.90. The molecular formula is C18H29N3O3SSi. The molecule has 2 rings (SSSR count). The third-order valence-electron chi connectivity index (χ3n) is 3.99. The molecule has 6 nitrogen and oxygen atoms in total. The predicted molar refractivity (Wildman–Crippen MR) is 110 cm³/mol. The van der Waals surface area contributed by atoms with Crippen LogP contribution in [0.4, 0.5) is 0 Å². The zero-order chi connectivity index (χ0) is 19.6. The van der Waals surface area contributed by atoms with E-state index in [0.717, 1.165) is 23.7 Å². The van der Waals surface area contributed by atoms with Crippen molar-refractivity contribution in [2.24, 2.45) is 4.40 Å². The maximum atomic E-state index is 12.1. The smallest absolute Gasteiger partial charge is 0.258 e. The molecular weight excluding hydrogens is 366 g/mol. The normalized spacial score (nSPS) is 13.8. The van der Waals surface area contributed by atoms with Crippen LogP contribution in [0.3, 0.4) is 0 Å². The van der Waals surface area contributed by atoms with Crippen molar-refractivity contribution in [3.05, 3.63) is 30.1 Å². The van der Waals surface area contributed by atoms with Gasteiger partial charge in [0.15, 0.2) is 0 Å². The molecule has 0 N–H and O–H groups in total. The van der Waals surface area contributed by atoms with Crippen LogP contribution in [0, 0.1) is 0 Å². The fraction of sp³-hybridized carbons (Fsp3) is 0.556. The molecule has 26 heavy (non-hydrogen) atoms. The zero-order valence-electron chi connectivity index (χ0n) is 16.5. The molecule has 0 amide bonds. The van der Waals surface area contributed by atoms with E-state index < -0.39 is 22.8 Å². The summed E-state index contributed by atoms with van der Waals surface area (Å²) in [5, 5.41) is 0. The highest BCUT2D eigenvalue weighted by Crippen LogP contribution is 2.18. The molecule has 8 heteroatoms. The zero-order valence-corrected chi connectivity index (χ0v) is 18.3. The lowest BCUT2D eigenvalue weighted by Crippen LogP contribution is -2.25. The fourth-order valence-corrected chi connectivity index (χ4v) is 3.43. The van der Waals surface area contributed by atoms with Crippen molar-refractivity contribution in [3.63, 3.8) is 0 Å². The summed E-state index contributed by atoms with van der Waals surface area (Å²) < 4.78 is 34.8. The highest BCUT2D eigenvalue weighted by atomic mass is 32.2. The minimum absolute atomic E-state index is 0.465. The number of hydrogen-bond acceptors (Lipinski definition) is 4. The van der Waals surface area contributed by atoms with Gasteiger partial charge in [0.1, 0.15) is 6.73 Å². The molecule has 0 unspecified atom stereocenters. The van der Waals surface area contributed by atoms with E-state index in [2.05, 4.69) is 29.0 Å². The molecule has 1 heterocycles. The quantitative estimate of drug-likeness (QED) is 0.405. The van der Waals surface area contributed by atoms with Crippen molar-refractivity contribution in [2.75, 3.05) is 6.61 Å². The fourth-order valence-electron chi connectivity index (χ4n) is 2.09. The Bertz CT molecular complexity index is 891. The maximum Gasteiger partial charge on any atom is 0.258 e. The van der Waals surface area contributed by atoms with E-state index in [9.17, 15) is 8.42 Å². The highest BCUT2D eigenvalue weighted by molar-refractivity contribution is 7.91. The Kier molecular flexibility index (Phi) is 6.09. The number of nitrogens with zero attached hydrogens (tertiary/aromatic N) is 3. The van der Waals surface area contributed by atoms with E-state index in [1.807, 2.05) is 22.8 Å². The van der Waals surface area contributed by atoms with Gasteiger partial charge in [0, 0.05) is 20.9 Å². The van der Waals surface area contributed by atoms with Crippen molar-refractivity contribution >= 4 is 35.3 Å². The lowest BCUT2D eigenvalue weighted by Gasteiger charge is -2.15. The Hall–Kier alpha value is -1.51. The summed E-state index contributed by atoms with van der Waals surface area (Å²) in [6, 6.07) is 6.71. The van der Waals surface area contributed by atoms with Crippen molar-refractivity contribution in [3.8, 4) is 0 Å². The number of aromatic nitrogens is 2. The molecule has 2 aromatic rings. The molecule has 1 aromatic heterocycles. The van der Waals surface area contributed by atoms with Crippen molar-refractivity contribution in [2.45, 2.75) is 57.9 Å². The van der Waals surface area contributed by atoms with Crippen LogP contribution in [-0.2, 0) is 21.5 Å². The van der Waals surface area contributed by atoms with Gasteiger partial charge in [-0.15, -0.1) is 0 Å². The Morgan fingerprint density at radius 3 is 2.58 bits per heavy atom. The second-order valence-electron chi connectivity index (χ2n) is 8.63. The monoisotopic (exact) mass is 395 g/mol. The highest BCUT2D eigenvalue weighted by Gasteiger charge is 2.27. The summed E-state index contributed by atoms with van der Waals surface area (Å²) in [5.74, 6) is 0. The summed E-state index contributed by atoms with van der Waals surface area (Å²) in [5.41, 5.74) is 2.44. The molecule has 0 aliphatic rings. The van der Waals surface area contributed by atoms with E-state index >= 15 is 0 Å². The van der Waals surface area contributed by atoms with Gasteiger partial charge in [0.25, 0.3) is 10.0 Å². The number of hydrogen-bond donors (Lipinski definition) is 0. The van der Waals surface area contributed by atoms with Gasteiger partial charge in [0.2, 0.25) is 0 Å². The van der Waals surface area contributed by atoms with Gasteiger partial charge in [-0.25, -0.2) is 13.4 Å². The summed E-state index contributed by atoms with van der Waals surface area (Å²) in [6.07, 6.45) is 3.12. The predicted octanol–water partition coefficient (Wildman–Crippen LogP) is 3.90. The summed E-state index contributed by atoms with van der Waals surface area (Å²) in [6.45, 7) is 13.1. The van der Waals surface area contributed by atoms with Crippen LogP contribution in [0.15, 0.2) is 28.9 Å². The van der Waals surface area contributed by atoms with Crippen LogP contribution in [-0.4, -0.2) is 43.6 Å². The van der Waals surface area contributed by atoms with Crippen LogP contribution in [0.25, 0.3) is 11.0 Å². The van der Waals surface area contributed by atoms with Crippen LogP contribution in [0.1, 0.15) is 26.3 Å². The van der Waals surface area contributed by atoms with E-state index in [1.54, 1.807) is 27.1 Å². The molecule has 1 aromatic carbocycles. The largest absolute Gasteiger partial charge is 0.361 e. The second kappa shape index (κ2) is 7.62. The number of rotatable bonds is 7. The molecule has 0 atom stereocenters. The Balaban J connectivity index is 2.09. The molecule has 0 fully saturated rings. The van der Waals surface area contributed by atoms with Crippen LogP contribution >= 0.6 is 0 Å². The molecule has 0 saturated carbocycles. The third kappa shape index (κ3) is 5.49. The first-order chi connectivity index (χ1) is 11.9. The molecule has 0 aliphatic heterocycles. The topological polar surface area (TPSA) is 73.5 Å². The average molecular weight is 396 g/mol. The molecule has 0 radical (unpaired) electrons. The molecule has 0 spiro atoms. The SMILES string of the molecule is CC(C)(C)S(=O)(=O)/N=C/c1ccc2c(c1)ncn2COCC[Si](C)(C)C. The van der Waals surface area contributed by atoms with Gasteiger partial charge in [-0.2, -0.15) is 4.40 Å². The lowest BCUT2D eigenvalue weighted by atomic mass is 10.2. The number of imidazole rings is 1. The first kappa shape index (κ1) is 20.8. The van der Waals surface area contributed by atoms with E-state index in [0.29, 0.717) is 12.3 Å². The Morgan fingerprint density at radius 1 is 1.27 bits per heavy atom. The van der Waals surface area contributed by atoms with Gasteiger partial charge in [-0.05, 0) is 44.5 Å². The number of sulfonamides is 1. The Morgan fingerprint density at radius 2 is 1.96 bits per heavy atom. The van der Waals surface area contributed by atoms with Gasteiger partial charge in [-0.3, -0.25) is 0 Å². The third-order valence-corrected chi connectivity index (χ3v) is 7.62. The summed E-state index contributed by atoms with van der Waals surface area (Å²) in [7, 11) is -4.64.